The SMILES string of the molecule is N#Cc1c(F)ccc2[nH]c(=O)ccc12. The number of nitrogens with one attached hydrogen (secondary N) is 1. The Balaban J connectivity index is 2.97. The lowest BCUT2D eigenvalue weighted by Gasteiger charge is -1.99. The van der Waals surface area contributed by atoms with E-state index in [1.165, 1.54) is 18.2 Å². The van der Waals surface area contributed by atoms with Crippen LogP contribution in [-0.2, 0) is 0 Å². The first kappa shape index (κ1) is 8.45. The molecule has 3 nitrogen and oxygen atoms in total. The van der Waals surface area contributed by atoms with Crippen molar-refractivity contribution in [2.24, 2.45) is 0 Å². The van der Waals surface area contributed by atoms with Crippen LogP contribution in [0, 0.1) is 17.1 Å². The summed E-state index contributed by atoms with van der Waals surface area (Å²) in [5, 5.41) is 9.13. The molecule has 0 atom stereocenters. The van der Waals surface area contributed by atoms with Gasteiger partial charge in [0.15, 0.2) is 0 Å². The minimum atomic E-state index is -0.577. The zero-order chi connectivity index (χ0) is 10.1. The Bertz CT molecular complexity index is 595. The van der Waals surface area contributed by atoms with E-state index in [-0.39, 0.29) is 11.1 Å². The van der Waals surface area contributed by atoms with Crippen molar-refractivity contribution in [1.82, 2.24) is 4.98 Å². The quantitative estimate of drug-likeness (QED) is 0.681. The molecule has 0 aliphatic heterocycles. The van der Waals surface area contributed by atoms with E-state index in [1.807, 2.05) is 0 Å². The predicted octanol–water partition coefficient (Wildman–Crippen LogP) is 1.54. The zero-order valence-corrected chi connectivity index (χ0v) is 7.04. The second-order valence-electron chi connectivity index (χ2n) is 2.82. The van der Waals surface area contributed by atoms with Crippen LogP contribution >= 0.6 is 0 Å². The molecular weight excluding hydrogens is 183 g/mol. The zero-order valence-electron chi connectivity index (χ0n) is 7.04. The second-order valence-corrected chi connectivity index (χ2v) is 2.82. The molecule has 0 aliphatic rings. The average Bonchev–Trinajstić information content (AvgIpc) is 2.18. The molecule has 0 unspecified atom stereocenters. The van der Waals surface area contributed by atoms with Gasteiger partial charge < -0.3 is 4.98 Å². The fraction of sp³-hybridized carbons (Fsp3) is 0. The smallest absolute Gasteiger partial charge is 0.248 e. The number of pyridine rings is 1. The fourth-order valence-electron chi connectivity index (χ4n) is 1.32. The maximum atomic E-state index is 13.1. The summed E-state index contributed by atoms with van der Waals surface area (Å²) in [5.41, 5.74) is 0.155. The highest BCUT2D eigenvalue weighted by Crippen LogP contribution is 2.17. The molecular formula is C10H5FN2O. The topological polar surface area (TPSA) is 56.6 Å². The second kappa shape index (κ2) is 2.96. The first-order valence-electron chi connectivity index (χ1n) is 3.94. The number of aromatic nitrogens is 1. The first-order valence-corrected chi connectivity index (χ1v) is 3.94. The number of hydrogen-bond acceptors (Lipinski definition) is 2. The van der Waals surface area contributed by atoms with Gasteiger partial charge in [-0.05, 0) is 18.2 Å². The number of nitrogens with zero attached hydrogens (tertiary/aromatic N) is 1. The molecule has 0 aliphatic carbocycles. The van der Waals surface area contributed by atoms with E-state index in [0.717, 1.165) is 6.07 Å². The fourth-order valence-corrected chi connectivity index (χ4v) is 1.32. The lowest BCUT2D eigenvalue weighted by atomic mass is 10.1. The molecule has 68 valence electrons. The number of rotatable bonds is 0. The Kier molecular flexibility index (Phi) is 1.79. The van der Waals surface area contributed by atoms with Crippen molar-refractivity contribution < 1.29 is 4.39 Å². The summed E-state index contributed by atoms with van der Waals surface area (Å²) < 4.78 is 13.1. The van der Waals surface area contributed by atoms with Crippen molar-refractivity contribution >= 4 is 10.9 Å². The van der Waals surface area contributed by atoms with E-state index in [1.54, 1.807) is 6.07 Å². The van der Waals surface area contributed by atoms with Crippen molar-refractivity contribution in [2.75, 3.05) is 0 Å². The summed E-state index contributed by atoms with van der Waals surface area (Å²) in [6.45, 7) is 0. The van der Waals surface area contributed by atoms with Crippen LogP contribution < -0.4 is 5.56 Å². The van der Waals surface area contributed by atoms with Crippen molar-refractivity contribution in [3.63, 3.8) is 0 Å². The highest BCUT2D eigenvalue weighted by Gasteiger charge is 2.06. The summed E-state index contributed by atoms with van der Waals surface area (Å²) in [6.07, 6.45) is 0. The van der Waals surface area contributed by atoms with Crippen molar-refractivity contribution in [1.29, 1.82) is 5.26 Å². The van der Waals surface area contributed by atoms with E-state index >= 15 is 0 Å². The van der Waals surface area contributed by atoms with E-state index in [4.69, 9.17) is 5.26 Å². The van der Waals surface area contributed by atoms with E-state index in [2.05, 4.69) is 4.98 Å². The Morgan fingerprint density at radius 3 is 2.79 bits per heavy atom. The number of hydrogen-bond donors (Lipinski definition) is 1. The van der Waals surface area contributed by atoms with Crippen LogP contribution in [0.2, 0.25) is 0 Å². The van der Waals surface area contributed by atoms with Gasteiger partial charge in [0, 0.05) is 17.0 Å². The van der Waals surface area contributed by atoms with Gasteiger partial charge in [-0.25, -0.2) is 4.39 Å². The molecule has 0 radical (unpaired) electrons. The van der Waals surface area contributed by atoms with Gasteiger partial charge in [0.2, 0.25) is 5.56 Å². The molecule has 0 saturated carbocycles. The summed E-state index contributed by atoms with van der Waals surface area (Å²) in [7, 11) is 0. The van der Waals surface area contributed by atoms with Gasteiger partial charge in [0.1, 0.15) is 11.9 Å². The molecule has 0 saturated heterocycles. The minimum absolute atomic E-state index is 0.0428. The normalized spacial score (nSPS) is 10.0. The van der Waals surface area contributed by atoms with Gasteiger partial charge >= 0.3 is 0 Å². The van der Waals surface area contributed by atoms with Gasteiger partial charge in [0.05, 0.1) is 5.56 Å². The molecule has 0 fully saturated rings. The van der Waals surface area contributed by atoms with Crippen molar-refractivity contribution in [2.45, 2.75) is 0 Å². The molecule has 2 rings (SSSR count). The number of H-pyrrole nitrogens is 1. The van der Waals surface area contributed by atoms with Crippen LogP contribution in [0.25, 0.3) is 10.9 Å². The lowest BCUT2D eigenvalue weighted by Crippen LogP contribution is -2.03. The summed E-state index contributed by atoms with van der Waals surface area (Å²) in [4.78, 5) is 13.5. The summed E-state index contributed by atoms with van der Waals surface area (Å²) in [5.74, 6) is -0.577. The first-order chi connectivity index (χ1) is 6.72. The van der Waals surface area contributed by atoms with Crippen LogP contribution in [0.15, 0.2) is 29.1 Å². The van der Waals surface area contributed by atoms with E-state index in [9.17, 15) is 9.18 Å². The molecule has 1 N–H and O–H groups in total. The number of benzene rings is 1. The molecule has 0 amide bonds. The van der Waals surface area contributed by atoms with Crippen LogP contribution in [-0.4, -0.2) is 4.98 Å². The number of fused-ring (bicyclic) bond motifs is 1. The van der Waals surface area contributed by atoms with Gasteiger partial charge in [-0.1, -0.05) is 0 Å². The molecule has 14 heavy (non-hydrogen) atoms. The van der Waals surface area contributed by atoms with E-state index in [0.29, 0.717) is 10.9 Å². The predicted molar refractivity (Wildman–Crippen MR) is 49.2 cm³/mol. The van der Waals surface area contributed by atoms with Gasteiger partial charge in [-0.3, -0.25) is 4.79 Å². The van der Waals surface area contributed by atoms with Gasteiger partial charge in [0.25, 0.3) is 0 Å². The third kappa shape index (κ3) is 1.15. The maximum absolute atomic E-state index is 13.1. The molecule has 1 aromatic carbocycles. The standard InChI is InChI=1S/C10H5FN2O/c11-8-2-3-9-6(7(8)5-12)1-4-10(14)13-9/h1-4H,(H,13,14). The Labute approximate surface area is 78.4 Å². The highest BCUT2D eigenvalue weighted by atomic mass is 19.1. The maximum Gasteiger partial charge on any atom is 0.248 e. The van der Waals surface area contributed by atoms with E-state index < -0.39 is 5.82 Å². The largest absolute Gasteiger partial charge is 0.322 e. The minimum Gasteiger partial charge on any atom is -0.322 e. The summed E-state index contributed by atoms with van der Waals surface area (Å²) >= 11 is 0. The molecule has 0 bridgehead atoms. The molecule has 1 heterocycles. The molecule has 1 aromatic heterocycles. The average molecular weight is 188 g/mol. The third-order valence-electron chi connectivity index (χ3n) is 1.97. The van der Waals surface area contributed by atoms with Crippen LogP contribution in [0.5, 0.6) is 0 Å². The monoisotopic (exact) mass is 188 g/mol. The van der Waals surface area contributed by atoms with Crippen LogP contribution in [0.4, 0.5) is 4.39 Å². The third-order valence-corrected chi connectivity index (χ3v) is 1.97. The van der Waals surface area contributed by atoms with Crippen LogP contribution in [0.1, 0.15) is 5.56 Å². The van der Waals surface area contributed by atoms with Crippen molar-refractivity contribution in [3.05, 3.63) is 46.0 Å². The Morgan fingerprint density at radius 2 is 2.07 bits per heavy atom. The van der Waals surface area contributed by atoms with Crippen molar-refractivity contribution in [3.8, 4) is 6.07 Å². The molecule has 4 heteroatoms. The number of halogens is 1. The summed E-state index contributed by atoms with van der Waals surface area (Å²) in [6, 6.07) is 7.07. The Morgan fingerprint density at radius 1 is 1.29 bits per heavy atom. The van der Waals surface area contributed by atoms with Gasteiger partial charge in [-0.15, -0.1) is 0 Å². The lowest BCUT2D eigenvalue weighted by molar-refractivity contribution is 0.626. The number of aromatic amines is 1. The van der Waals surface area contributed by atoms with Gasteiger partial charge in [-0.2, -0.15) is 5.26 Å². The molecule has 2 aromatic rings. The number of nitriles is 1. The van der Waals surface area contributed by atoms with Crippen LogP contribution in [0.3, 0.4) is 0 Å². The molecule has 0 spiro atoms. The highest BCUT2D eigenvalue weighted by molar-refractivity contribution is 5.84. The Hall–Kier alpha value is -2.15.